The van der Waals surface area contributed by atoms with Crippen molar-refractivity contribution in [1.29, 1.82) is 0 Å². The van der Waals surface area contributed by atoms with Gasteiger partial charge in [-0.25, -0.2) is 0 Å². The molecule has 0 atom stereocenters. The van der Waals surface area contributed by atoms with E-state index >= 15 is 0 Å². The zero-order valence-corrected chi connectivity index (χ0v) is 24.3. The van der Waals surface area contributed by atoms with Crippen molar-refractivity contribution in [3.63, 3.8) is 0 Å². The molecule has 0 unspecified atom stereocenters. The molecule has 3 aromatic heterocycles. The Kier molecular flexibility index (Phi) is 5.00. The summed E-state index contributed by atoms with van der Waals surface area (Å²) in [5.41, 5.74) is 11.1. The van der Waals surface area contributed by atoms with E-state index in [1.165, 1.54) is 54.7 Å². The van der Waals surface area contributed by atoms with E-state index in [1.54, 1.807) is 0 Å². The fourth-order valence-corrected chi connectivity index (χ4v) is 7.38. The lowest BCUT2D eigenvalue weighted by atomic mass is 9.99. The van der Waals surface area contributed by atoms with Crippen LogP contribution in [0.3, 0.4) is 0 Å². The maximum Gasteiger partial charge on any atom is 0.137 e. The Hall–Kier alpha value is -6.06. The Bertz CT molecular complexity index is 2740. The molecular formula is C42H26N2O. The molecule has 0 saturated heterocycles. The summed E-state index contributed by atoms with van der Waals surface area (Å²) in [5, 5.41) is 7.27. The van der Waals surface area contributed by atoms with Crippen molar-refractivity contribution < 1.29 is 4.42 Å². The molecule has 0 aliphatic heterocycles. The molecule has 7 aromatic carbocycles. The van der Waals surface area contributed by atoms with Gasteiger partial charge in [-0.1, -0.05) is 97.1 Å². The molecule has 45 heavy (non-hydrogen) atoms. The second-order valence-electron chi connectivity index (χ2n) is 11.8. The van der Waals surface area contributed by atoms with E-state index in [1.807, 2.05) is 0 Å². The SMILES string of the molecule is c1ccc(-c2cccc3oc4cc(-n5c6ccccc6c6cc7c8ccccc8n(-c8ccccc8)c7cc65)ccc4c23)cc1. The van der Waals surface area contributed by atoms with Gasteiger partial charge >= 0.3 is 0 Å². The van der Waals surface area contributed by atoms with Crippen LogP contribution in [0.25, 0.3) is 88.1 Å². The van der Waals surface area contributed by atoms with Gasteiger partial charge in [0.1, 0.15) is 11.2 Å². The van der Waals surface area contributed by atoms with Crippen molar-refractivity contribution in [2.45, 2.75) is 0 Å². The molecule has 0 aliphatic rings. The number of furan rings is 1. The predicted octanol–water partition coefficient (Wildman–Crippen LogP) is 11.4. The van der Waals surface area contributed by atoms with Crippen LogP contribution in [-0.2, 0) is 0 Å². The van der Waals surface area contributed by atoms with E-state index in [4.69, 9.17) is 4.42 Å². The van der Waals surface area contributed by atoms with Crippen molar-refractivity contribution in [2.24, 2.45) is 0 Å². The van der Waals surface area contributed by atoms with Crippen LogP contribution >= 0.6 is 0 Å². The molecule has 0 fully saturated rings. The maximum atomic E-state index is 6.55. The minimum atomic E-state index is 0.885. The van der Waals surface area contributed by atoms with E-state index in [2.05, 4.69) is 167 Å². The highest BCUT2D eigenvalue weighted by Crippen LogP contribution is 2.41. The maximum absolute atomic E-state index is 6.55. The standard InChI is InChI=1S/C42H26N2O/c1-3-12-27(13-4-1)30-18-11-21-40-42(30)33-23-22-29(24-41(33)45-40)44-37-20-10-8-17-32(37)35-25-34-31-16-7-9-19-36(31)43(38(34)26-39(35)44)28-14-5-2-6-15-28/h1-26H. The first-order valence-electron chi connectivity index (χ1n) is 15.4. The van der Waals surface area contributed by atoms with Gasteiger partial charge in [-0.3, -0.25) is 0 Å². The van der Waals surface area contributed by atoms with Gasteiger partial charge in [-0.05, 0) is 65.7 Å². The highest BCUT2D eigenvalue weighted by Gasteiger charge is 2.19. The first-order chi connectivity index (χ1) is 22.3. The van der Waals surface area contributed by atoms with E-state index in [0.29, 0.717) is 0 Å². The third-order valence-electron chi connectivity index (χ3n) is 9.30. The van der Waals surface area contributed by atoms with E-state index < -0.39 is 0 Å². The average molecular weight is 575 g/mol. The molecule has 0 spiro atoms. The molecule has 0 amide bonds. The Morgan fingerprint density at radius 3 is 1.69 bits per heavy atom. The van der Waals surface area contributed by atoms with Crippen molar-refractivity contribution in [2.75, 3.05) is 0 Å². The van der Waals surface area contributed by atoms with Gasteiger partial charge in [0.2, 0.25) is 0 Å². The van der Waals surface area contributed by atoms with Gasteiger partial charge in [0.15, 0.2) is 0 Å². The summed E-state index contributed by atoms with van der Waals surface area (Å²) in [7, 11) is 0. The number of hydrogen-bond acceptors (Lipinski definition) is 1. The number of aromatic nitrogens is 2. The Labute approximate surface area is 258 Å². The molecule has 3 nitrogen and oxygen atoms in total. The molecule has 0 aliphatic carbocycles. The monoisotopic (exact) mass is 574 g/mol. The predicted molar refractivity (Wildman–Crippen MR) is 188 cm³/mol. The zero-order chi connectivity index (χ0) is 29.5. The fraction of sp³-hybridized carbons (Fsp3) is 0. The van der Waals surface area contributed by atoms with Crippen LogP contribution in [0.1, 0.15) is 0 Å². The van der Waals surface area contributed by atoms with Crippen LogP contribution in [0.5, 0.6) is 0 Å². The second-order valence-corrected chi connectivity index (χ2v) is 11.8. The van der Waals surface area contributed by atoms with Crippen molar-refractivity contribution >= 4 is 65.6 Å². The summed E-state index contributed by atoms with van der Waals surface area (Å²) in [4.78, 5) is 0. The number of para-hydroxylation sites is 3. The number of rotatable bonds is 3. The topological polar surface area (TPSA) is 23.0 Å². The van der Waals surface area contributed by atoms with E-state index in [-0.39, 0.29) is 0 Å². The third-order valence-corrected chi connectivity index (χ3v) is 9.30. The second kappa shape index (κ2) is 9.22. The van der Waals surface area contributed by atoms with Crippen LogP contribution in [0.4, 0.5) is 0 Å². The lowest BCUT2D eigenvalue weighted by molar-refractivity contribution is 0.668. The summed E-state index contributed by atoms with van der Waals surface area (Å²) < 4.78 is 11.3. The molecule has 3 heteroatoms. The Morgan fingerprint density at radius 2 is 0.978 bits per heavy atom. The minimum absolute atomic E-state index is 0.885. The molecule has 210 valence electrons. The molecule has 10 rings (SSSR count). The van der Waals surface area contributed by atoms with Gasteiger partial charge < -0.3 is 13.6 Å². The Morgan fingerprint density at radius 1 is 0.356 bits per heavy atom. The molecule has 0 radical (unpaired) electrons. The largest absolute Gasteiger partial charge is 0.456 e. The van der Waals surface area contributed by atoms with Crippen molar-refractivity contribution in [3.8, 4) is 22.5 Å². The van der Waals surface area contributed by atoms with Crippen molar-refractivity contribution in [1.82, 2.24) is 9.13 Å². The van der Waals surface area contributed by atoms with Gasteiger partial charge in [-0.15, -0.1) is 0 Å². The minimum Gasteiger partial charge on any atom is -0.456 e. The van der Waals surface area contributed by atoms with Crippen LogP contribution < -0.4 is 0 Å². The van der Waals surface area contributed by atoms with Crippen LogP contribution in [0, 0.1) is 0 Å². The van der Waals surface area contributed by atoms with E-state index in [0.717, 1.165) is 33.3 Å². The average Bonchev–Trinajstić information content (AvgIpc) is 3.75. The number of benzene rings is 7. The smallest absolute Gasteiger partial charge is 0.137 e. The van der Waals surface area contributed by atoms with Crippen LogP contribution in [0.2, 0.25) is 0 Å². The summed E-state index contributed by atoms with van der Waals surface area (Å²) in [6, 6.07) is 56.4. The number of nitrogens with zero attached hydrogens (tertiary/aromatic N) is 2. The summed E-state index contributed by atoms with van der Waals surface area (Å²) in [6.45, 7) is 0. The Balaban J connectivity index is 1.28. The molecule has 3 heterocycles. The molecule has 10 aromatic rings. The summed E-state index contributed by atoms with van der Waals surface area (Å²) >= 11 is 0. The van der Waals surface area contributed by atoms with Gasteiger partial charge in [0.05, 0.1) is 22.1 Å². The fourth-order valence-electron chi connectivity index (χ4n) is 7.38. The summed E-state index contributed by atoms with van der Waals surface area (Å²) in [5.74, 6) is 0. The number of hydrogen-bond donors (Lipinski definition) is 0. The third kappa shape index (κ3) is 3.46. The lowest BCUT2D eigenvalue weighted by Gasteiger charge is -2.10. The van der Waals surface area contributed by atoms with Crippen LogP contribution in [0.15, 0.2) is 162 Å². The first-order valence-corrected chi connectivity index (χ1v) is 15.4. The van der Waals surface area contributed by atoms with Crippen LogP contribution in [-0.4, -0.2) is 9.13 Å². The highest BCUT2D eigenvalue weighted by atomic mass is 16.3. The highest BCUT2D eigenvalue weighted by molar-refractivity contribution is 6.19. The van der Waals surface area contributed by atoms with E-state index in [9.17, 15) is 0 Å². The first kappa shape index (κ1) is 24.4. The zero-order valence-electron chi connectivity index (χ0n) is 24.3. The normalized spacial score (nSPS) is 12.0. The number of fused-ring (bicyclic) bond motifs is 9. The molecule has 0 N–H and O–H groups in total. The van der Waals surface area contributed by atoms with Gasteiger partial charge in [-0.2, -0.15) is 0 Å². The van der Waals surface area contributed by atoms with Crippen molar-refractivity contribution in [3.05, 3.63) is 158 Å². The quantitative estimate of drug-likeness (QED) is 0.206. The lowest BCUT2D eigenvalue weighted by Crippen LogP contribution is -1.95. The summed E-state index contributed by atoms with van der Waals surface area (Å²) in [6.07, 6.45) is 0. The van der Waals surface area contributed by atoms with Gasteiger partial charge in [0, 0.05) is 49.8 Å². The molecular weight excluding hydrogens is 548 g/mol. The van der Waals surface area contributed by atoms with Gasteiger partial charge in [0.25, 0.3) is 0 Å². The molecule has 0 bridgehead atoms. The molecule has 0 saturated carbocycles.